The van der Waals surface area contributed by atoms with Gasteiger partial charge in [0.2, 0.25) is 0 Å². The predicted molar refractivity (Wildman–Crippen MR) is 87.8 cm³/mol. The number of carboxylic acid groups (broad SMARTS) is 1. The molecule has 1 heterocycles. The van der Waals surface area contributed by atoms with Crippen LogP contribution in [0.1, 0.15) is 19.2 Å². The first-order valence-corrected chi connectivity index (χ1v) is 7.00. The minimum Gasteiger partial charge on any atom is -0.480 e. The number of benzene rings is 1. The average Bonchev–Trinajstić information content (AvgIpc) is 2.39. The molecule has 0 radical (unpaired) electrons. The number of H-pyrrole nitrogens is 1. The zero-order valence-corrected chi connectivity index (χ0v) is 13.6. The summed E-state index contributed by atoms with van der Waals surface area (Å²) in [4.78, 5) is 31.6. The zero-order valence-electron chi connectivity index (χ0n) is 12.0. The van der Waals surface area contributed by atoms with Crippen molar-refractivity contribution in [3.05, 3.63) is 39.4 Å². The molecule has 1 aromatic carbocycles. The summed E-state index contributed by atoms with van der Waals surface area (Å²) in [5, 5.41) is 9.79. The second-order valence-electron chi connectivity index (χ2n) is 4.78. The number of carboxylic acids is 1. The van der Waals surface area contributed by atoms with E-state index in [0.717, 1.165) is 6.42 Å². The highest BCUT2D eigenvalue weighted by molar-refractivity contribution is 6.31. The van der Waals surface area contributed by atoms with Gasteiger partial charge in [0.25, 0.3) is 5.56 Å². The van der Waals surface area contributed by atoms with Crippen molar-refractivity contribution >= 4 is 40.9 Å². The van der Waals surface area contributed by atoms with Gasteiger partial charge in [-0.25, -0.2) is 4.98 Å². The standard InChI is InChI=1S/C14H16ClN3O3.ClH/c1-2-5-18(8-13(19)20)7-12-16-11-4-3-9(15)6-10(11)14(21)17-12;/h3-4,6H,2,5,7-8H2,1H3,(H,19,20)(H,16,17,21);1H. The van der Waals surface area contributed by atoms with Crippen LogP contribution in [0.15, 0.2) is 23.0 Å². The molecule has 0 amide bonds. The average molecular weight is 346 g/mol. The highest BCUT2D eigenvalue weighted by Crippen LogP contribution is 2.14. The summed E-state index contributed by atoms with van der Waals surface area (Å²) in [7, 11) is 0. The molecule has 0 aliphatic heterocycles. The second-order valence-corrected chi connectivity index (χ2v) is 5.21. The van der Waals surface area contributed by atoms with E-state index in [2.05, 4.69) is 9.97 Å². The Bertz CT molecular complexity index is 718. The third kappa shape index (κ3) is 4.69. The maximum atomic E-state index is 12.0. The van der Waals surface area contributed by atoms with E-state index in [4.69, 9.17) is 16.7 Å². The van der Waals surface area contributed by atoms with Crippen molar-refractivity contribution < 1.29 is 9.90 Å². The molecule has 1 aromatic heterocycles. The Morgan fingerprint density at radius 2 is 2.18 bits per heavy atom. The van der Waals surface area contributed by atoms with Crippen LogP contribution in [-0.2, 0) is 11.3 Å². The molecule has 120 valence electrons. The van der Waals surface area contributed by atoms with Crippen molar-refractivity contribution in [3.63, 3.8) is 0 Å². The molecule has 2 aromatic rings. The van der Waals surface area contributed by atoms with Gasteiger partial charge in [-0.1, -0.05) is 18.5 Å². The van der Waals surface area contributed by atoms with Crippen molar-refractivity contribution in [2.45, 2.75) is 19.9 Å². The zero-order chi connectivity index (χ0) is 15.4. The summed E-state index contributed by atoms with van der Waals surface area (Å²) in [6.45, 7) is 2.78. The maximum Gasteiger partial charge on any atom is 0.317 e. The van der Waals surface area contributed by atoms with Crippen LogP contribution in [0.3, 0.4) is 0 Å². The molecule has 0 fully saturated rings. The van der Waals surface area contributed by atoms with Gasteiger partial charge in [0.05, 0.1) is 24.0 Å². The molecule has 0 unspecified atom stereocenters. The van der Waals surface area contributed by atoms with Gasteiger partial charge < -0.3 is 10.1 Å². The summed E-state index contributed by atoms with van der Waals surface area (Å²) in [6.07, 6.45) is 0.820. The van der Waals surface area contributed by atoms with Gasteiger partial charge in [0, 0.05) is 5.02 Å². The lowest BCUT2D eigenvalue weighted by molar-refractivity contribution is -0.138. The third-order valence-corrected chi connectivity index (χ3v) is 3.22. The molecular formula is C14H17Cl2N3O3. The number of aromatic amines is 1. The predicted octanol–water partition coefficient (Wildman–Crippen LogP) is 2.29. The number of nitrogens with zero attached hydrogens (tertiary/aromatic N) is 2. The van der Waals surface area contributed by atoms with E-state index in [1.807, 2.05) is 6.92 Å². The van der Waals surface area contributed by atoms with Crippen LogP contribution in [0.4, 0.5) is 0 Å². The molecule has 0 aliphatic carbocycles. The van der Waals surface area contributed by atoms with E-state index in [1.165, 1.54) is 0 Å². The molecule has 0 aliphatic rings. The van der Waals surface area contributed by atoms with Gasteiger partial charge in [0.1, 0.15) is 5.82 Å². The first-order valence-electron chi connectivity index (χ1n) is 6.62. The fourth-order valence-corrected chi connectivity index (χ4v) is 2.34. The SMILES string of the molecule is CCCN(CC(=O)O)Cc1nc2ccc(Cl)cc2c(=O)[nH]1.Cl. The Morgan fingerprint density at radius 3 is 2.82 bits per heavy atom. The van der Waals surface area contributed by atoms with Crippen LogP contribution in [0, 0.1) is 0 Å². The highest BCUT2D eigenvalue weighted by Gasteiger charge is 2.12. The number of hydrogen-bond acceptors (Lipinski definition) is 4. The van der Waals surface area contributed by atoms with Crippen LogP contribution >= 0.6 is 24.0 Å². The van der Waals surface area contributed by atoms with E-state index in [9.17, 15) is 9.59 Å². The van der Waals surface area contributed by atoms with Crippen LogP contribution < -0.4 is 5.56 Å². The summed E-state index contributed by atoms with van der Waals surface area (Å²) < 4.78 is 0. The van der Waals surface area contributed by atoms with Crippen LogP contribution in [0.5, 0.6) is 0 Å². The third-order valence-electron chi connectivity index (χ3n) is 2.99. The lowest BCUT2D eigenvalue weighted by Gasteiger charge is -2.18. The van der Waals surface area contributed by atoms with E-state index in [0.29, 0.717) is 28.3 Å². The number of aromatic nitrogens is 2. The van der Waals surface area contributed by atoms with Crippen LogP contribution in [0.25, 0.3) is 10.9 Å². The summed E-state index contributed by atoms with van der Waals surface area (Å²) in [6, 6.07) is 4.91. The molecular weight excluding hydrogens is 329 g/mol. The molecule has 0 saturated carbocycles. The van der Waals surface area contributed by atoms with Gasteiger partial charge in [0.15, 0.2) is 0 Å². The molecule has 2 rings (SSSR count). The quantitative estimate of drug-likeness (QED) is 0.838. The van der Waals surface area contributed by atoms with E-state index >= 15 is 0 Å². The van der Waals surface area contributed by atoms with Gasteiger partial charge in [-0.2, -0.15) is 0 Å². The number of nitrogens with one attached hydrogen (secondary N) is 1. The fourth-order valence-electron chi connectivity index (χ4n) is 2.17. The normalized spacial score (nSPS) is 10.7. The van der Waals surface area contributed by atoms with Crippen molar-refractivity contribution in [2.24, 2.45) is 0 Å². The lowest BCUT2D eigenvalue weighted by Crippen LogP contribution is -2.31. The highest BCUT2D eigenvalue weighted by atomic mass is 35.5. The summed E-state index contributed by atoms with van der Waals surface area (Å²) >= 11 is 5.86. The summed E-state index contributed by atoms with van der Waals surface area (Å²) in [5.74, 6) is -0.456. The van der Waals surface area contributed by atoms with Crippen molar-refractivity contribution in [2.75, 3.05) is 13.1 Å². The molecule has 0 atom stereocenters. The monoisotopic (exact) mass is 345 g/mol. The Morgan fingerprint density at radius 1 is 1.45 bits per heavy atom. The van der Waals surface area contributed by atoms with Crippen LogP contribution in [-0.4, -0.2) is 39.0 Å². The van der Waals surface area contributed by atoms with E-state index in [1.54, 1.807) is 23.1 Å². The first kappa shape index (κ1) is 18.4. The minimum atomic E-state index is -0.904. The number of carbonyl (C=O) groups is 1. The van der Waals surface area contributed by atoms with Crippen molar-refractivity contribution in [3.8, 4) is 0 Å². The topological polar surface area (TPSA) is 86.3 Å². The lowest BCUT2D eigenvalue weighted by atomic mass is 10.2. The fraction of sp³-hybridized carbons (Fsp3) is 0.357. The molecule has 22 heavy (non-hydrogen) atoms. The number of rotatable bonds is 6. The molecule has 6 nitrogen and oxygen atoms in total. The number of halogens is 2. The number of hydrogen-bond donors (Lipinski definition) is 2. The van der Waals surface area contributed by atoms with Gasteiger partial charge in [-0.15, -0.1) is 12.4 Å². The summed E-state index contributed by atoms with van der Waals surface area (Å²) in [5.41, 5.74) is 0.272. The van der Waals surface area contributed by atoms with Crippen LogP contribution in [0.2, 0.25) is 5.02 Å². The Hall–Kier alpha value is -1.63. The Balaban J connectivity index is 0.00000242. The first-order chi connectivity index (χ1) is 9.99. The molecule has 2 N–H and O–H groups in total. The van der Waals surface area contributed by atoms with Crippen molar-refractivity contribution in [1.82, 2.24) is 14.9 Å². The second kappa shape index (κ2) is 8.12. The molecule has 0 spiro atoms. The molecule has 0 bridgehead atoms. The largest absolute Gasteiger partial charge is 0.480 e. The molecule has 8 heteroatoms. The number of aliphatic carboxylic acids is 1. The van der Waals surface area contributed by atoms with Gasteiger partial charge in [-0.05, 0) is 31.2 Å². The van der Waals surface area contributed by atoms with E-state index in [-0.39, 0.29) is 31.1 Å². The molecule has 0 saturated heterocycles. The Kier molecular flexibility index (Phi) is 6.80. The van der Waals surface area contributed by atoms with Gasteiger partial charge in [-0.3, -0.25) is 14.5 Å². The minimum absolute atomic E-state index is 0. The maximum absolute atomic E-state index is 12.0. The number of fused-ring (bicyclic) bond motifs is 1. The van der Waals surface area contributed by atoms with Crippen molar-refractivity contribution in [1.29, 1.82) is 0 Å². The Labute approximate surface area is 138 Å². The smallest absolute Gasteiger partial charge is 0.317 e. The van der Waals surface area contributed by atoms with Gasteiger partial charge >= 0.3 is 5.97 Å². The van der Waals surface area contributed by atoms with E-state index < -0.39 is 5.97 Å².